The Morgan fingerprint density at radius 3 is 2.69 bits per heavy atom. The maximum absolute atomic E-state index is 14.0. The minimum absolute atomic E-state index is 0.0498. The van der Waals surface area contributed by atoms with E-state index in [-0.39, 0.29) is 5.91 Å². The van der Waals surface area contributed by atoms with Gasteiger partial charge in [-0.15, -0.1) is 0 Å². The molecule has 0 spiro atoms. The van der Waals surface area contributed by atoms with Crippen molar-refractivity contribution in [1.82, 2.24) is 14.5 Å². The van der Waals surface area contributed by atoms with Crippen LogP contribution in [0.25, 0.3) is 16.7 Å². The Hall–Kier alpha value is -1.96. The number of aromatic nitrogens is 2. The van der Waals surface area contributed by atoms with Gasteiger partial charge in [0.05, 0.1) is 11.0 Å². The highest BCUT2D eigenvalue weighted by molar-refractivity contribution is 14.1. The van der Waals surface area contributed by atoms with Crippen LogP contribution in [0.2, 0.25) is 0 Å². The molecule has 0 N–H and O–H groups in total. The Labute approximate surface area is 165 Å². The van der Waals surface area contributed by atoms with Gasteiger partial charge in [-0.2, -0.15) is 0 Å². The van der Waals surface area contributed by atoms with Gasteiger partial charge in [-0.3, -0.25) is 9.36 Å². The lowest BCUT2D eigenvalue weighted by atomic mass is 9.95. The third-order valence-corrected chi connectivity index (χ3v) is 5.64. The molecule has 0 bridgehead atoms. The Balaban J connectivity index is 1.62. The molecular weight excluding hydrogens is 444 g/mol. The van der Waals surface area contributed by atoms with E-state index in [2.05, 4.69) is 33.6 Å². The number of carbonyl (C=O) groups is 1. The Kier molecular flexibility index (Phi) is 4.46. The summed E-state index contributed by atoms with van der Waals surface area (Å²) in [6.07, 6.45) is 2.56. The van der Waals surface area contributed by atoms with E-state index in [9.17, 15) is 9.18 Å². The van der Waals surface area contributed by atoms with Gasteiger partial charge in [0, 0.05) is 27.9 Å². The normalized spacial score (nSPS) is 16.8. The van der Waals surface area contributed by atoms with E-state index in [1.54, 1.807) is 18.2 Å². The first-order valence-electron chi connectivity index (χ1n) is 8.64. The molecule has 1 saturated heterocycles. The molecule has 6 heteroatoms. The zero-order valence-electron chi connectivity index (χ0n) is 14.5. The Morgan fingerprint density at radius 1 is 1.19 bits per heavy atom. The van der Waals surface area contributed by atoms with Crippen molar-refractivity contribution >= 4 is 39.5 Å². The van der Waals surface area contributed by atoms with Crippen LogP contribution in [0.5, 0.6) is 0 Å². The predicted octanol–water partition coefficient (Wildman–Crippen LogP) is 4.59. The van der Waals surface area contributed by atoms with Crippen molar-refractivity contribution in [1.29, 1.82) is 0 Å². The molecule has 1 amide bonds. The SMILES string of the molecule is CC1(F)CCN(C(=O)c2ccc3c(c2)ncn3-c2cccc(I)c2)CC1. The summed E-state index contributed by atoms with van der Waals surface area (Å²) in [5, 5.41) is 0. The summed E-state index contributed by atoms with van der Waals surface area (Å²) in [7, 11) is 0. The molecule has 0 radical (unpaired) electrons. The molecule has 4 nitrogen and oxygen atoms in total. The summed E-state index contributed by atoms with van der Waals surface area (Å²) < 4.78 is 17.1. The summed E-state index contributed by atoms with van der Waals surface area (Å²) in [5.41, 5.74) is 2.22. The number of alkyl halides is 1. The van der Waals surface area contributed by atoms with E-state index >= 15 is 0 Å². The maximum Gasteiger partial charge on any atom is 0.253 e. The highest BCUT2D eigenvalue weighted by Gasteiger charge is 2.31. The van der Waals surface area contributed by atoms with Gasteiger partial charge in [0.25, 0.3) is 5.91 Å². The highest BCUT2D eigenvalue weighted by atomic mass is 127. The summed E-state index contributed by atoms with van der Waals surface area (Å²) in [6.45, 7) is 2.53. The molecule has 0 atom stereocenters. The molecule has 3 aromatic rings. The van der Waals surface area contributed by atoms with E-state index in [0.29, 0.717) is 31.5 Å². The summed E-state index contributed by atoms with van der Waals surface area (Å²) in [4.78, 5) is 18.9. The molecule has 1 fully saturated rings. The monoisotopic (exact) mass is 463 g/mol. The van der Waals surface area contributed by atoms with Crippen LogP contribution >= 0.6 is 22.6 Å². The molecule has 1 aliphatic rings. The van der Waals surface area contributed by atoms with Gasteiger partial charge in [-0.05, 0) is 78.8 Å². The van der Waals surface area contributed by atoms with Gasteiger partial charge in [-0.25, -0.2) is 9.37 Å². The van der Waals surface area contributed by atoms with Crippen molar-refractivity contribution in [3.63, 3.8) is 0 Å². The van der Waals surface area contributed by atoms with Crippen molar-refractivity contribution < 1.29 is 9.18 Å². The Morgan fingerprint density at radius 2 is 1.96 bits per heavy atom. The first kappa shape index (κ1) is 17.5. The van der Waals surface area contributed by atoms with E-state index in [1.807, 2.05) is 41.0 Å². The second kappa shape index (κ2) is 6.64. The molecular formula is C20H19FIN3O. The lowest BCUT2D eigenvalue weighted by molar-refractivity contribution is 0.0504. The smallest absolute Gasteiger partial charge is 0.253 e. The number of benzene rings is 2. The van der Waals surface area contributed by atoms with Crippen molar-refractivity contribution in [2.24, 2.45) is 0 Å². The van der Waals surface area contributed by atoms with Crippen LogP contribution in [0.4, 0.5) is 4.39 Å². The van der Waals surface area contributed by atoms with Crippen LogP contribution in [0.1, 0.15) is 30.1 Å². The zero-order valence-corrected chi connectivity index (χ0v) is 16.6. The van der Waals surface area contributed by atoms with Gasteiger partial charge in [0.15, 0.2) is 0 Å². The topological polar surface area (TPSA) is 38.1 Å². The quantitative estimate of drug-likeness (QED) is 0.522. The minimum atomic E-state index is -1.16. The maximum atomic E-state index is 14.0. The number of carbonyl (C=O) groups excluding carboxylic acids is 1. The number of fused-ring (bicyclic) bond motifs is 1. The number of hydrogen-bond donors (Lipinski definition) is 0. The van der Waals surface area contributed by atoms with Crippen molar-refractivity contribution in [2.45, 2.75) is 25.4 Å². The molecule has 0 saturated carbocycles. The van der Waals surface area contributed by atoms with Crippen LogP contribution < -0.4 is 0 Å². The average Bonchev–Trinajstić information content (AvgIpc) is 3.04. The van der Waals surface area contributed by atoms with E-state index in [0.717, 1.165) is 20.3 Å². The van der Waals surface area contributed by atoms with Gasteiger partial charge in [0.1, 0.15) is 12.0 Å². The lowest BCUT2D eigenvalue weighted by Crippen LogP contribution is -2.43. The summed E-state index contributed by atoms with van der Waals surface area (Å²) in [5.74, 6) is -0.0498. The fourth-order valence-corrected chi connectivity index (χ4v) is 3.86. The summed E-state index contributed by atoms with van der Waals surface area (Å²) in [6, 6.07) is 13.8. The highest BCUT2D eigenvalue weighted by Crippen LogP contribution is 2.27. The van der Waals surface area contributed by atoms with E-state index in [1.165, 1.54) is 0 Å². The average molecular weight is 463 g/mol. The second-order valence-corrected chi connectivity index (χ2v) is 8.25. The van der Waals surface area contributed by atoms with Gasteiger partial charge in [-0.1, -0.05) is 6.07 Å². The summed E-state index contributed by atoms with van der Waals surface area (Å²) >= 11 is 2.28. The van der Waals surface area contributed by atoms with E-state index < -0.39 is 5.67 Å². The third-order valence-electron chi connectivity index (χ3n) is 4.97. The molecule has 134 valence electrons. The standard InChI is InChI=1S/C20H19FIN3O/c1-20(21)7-9-24(10-8-20)19(26)14-5-6-18-17(11-14)23-13-25(18)16-4-2-3-15(22)12-16/h2-6,11-13H,7-10H2,1H3. The Bertz CT molecular complexity index is 972. The number of imidazole rings is 1. The molecule has 1 aliphatic heterocycles. The molecule has 4 rings (SSSR count). The predicted molar refractivity (Wildman–Crippen MR) is 108 cm³/mol. The molecule has 2 heterocycles. The number of halogens is 2. The number of hydrogen-bond acceptors (Lipinski definition) is 2. The molecule has 2 aromatic carbocycles. The third kappa shape index (κ3) is 3.34. The van der Waals surface area contributed by atoms with Gasteiger partial charge in [0.2, 0.25) is 0 Å². The molecule has 26 heavy (non-hydrogen) atoms. The van der Waals surface area contributed by atoms with Gasteiger partial charge < -0.3 is 4.90 Å². The molecule has 1 aromatic heterocycles. The van der Waals surface area contributed by atoms with Crippen LogP contribution in [0, 0.1) is 3.57 Å². The minimum Gasteiger partial charge on any atom is -0.338 e. The van der Waals surface area contributed by atoms with Crippen LogP contribution in [0.15, 0.2) is 48.8 Å². The molecule has 0 unspecified atom stereocenters. The van der Waals surface area contributed by atoms with Crippen molar-refractivity contribution in [3.05, 3.63) is 57.9 Å². The fraction of sp³-hybridized carbons (Fsp3) is 0.300. The number of amides is 1. The van der Waals surface area contributed by atoms with Crippen LogP contribution in [-0.4, -0.2) is 39.1 Å². The zero-order chi connectivity index (χ0) is 18.3. The number of nitrogens with zero attached hydrogens (tertiary/aromatic N) is 3. The lowest BCUT2D eigenvalue weighted by Gasteiger charge is -2.34. The largest absolute Gasteiger partial charge is 0.338 e. The number of likely N-dealkylation sites (tertiary alicyclic amines) is 1. The first-order chi connectivity index (χ1) is 12.4. The molecule has 0 aliphatic carbocycles. The van der Waals surface area contributed by atoms with Gasteiger partial charge >= 0.3 is 0 Å². The van der Waals surface area contributed by atoms with E-state index in [4.69, 9.17) is 0 Å². The van der Waals surface area contributed by atoms with Crippen LogP contribution in [-0.2, 0) is 0 Å². The van der Waals surface area contributed by atoms with Crippen LogP contribution in [0.3, 0.4) is 0 Å². The number of rotatable bonds is 2. The van der Waals surface area contributed by atoms with Crippen molar-refractivity contribution in [3.8, 4) is 5.69 Å². The first-order valence-corrected chi connectivity index (χ1v) is 9.72. The second-order valence-electron chi connectivity index (χ2n) is 7.00. The fourth-order valence-electron chi connectivity index (χ4n) is 3.34. The van der Waals surface area contributed by atoms with Crippen molar-refractivity contribution in [2.75, 3.05) is 13.1 Å². The number of piperidine rings is 1.